The number of rotatable bonds is 6. The zero-order valence-electron chi connectivity index (χ0n) is 12.6. The fraction of sp³-hybridized carbons (Fsp3) is 0.333. The lowest BCUT2D eigenvalue weighted by Crippen LogP contribution is -2.13. The molecular weight excluding hydrogens is 246 g/mol. The Bertz CT molecular complexity index is 563. The van der Waals surface area contributed by atoms with E-state index in [0.29, 0.717) is 6.61 Å². The summed E-state index contributed by atoms with van der Waals surface area (Å²) in [5, 5.41) is 3.36. The van der Waals surface area contributed by atoms with Gasteiger partial charge in [0.2, 0.25) is 0 Å². The molecule has 0 bridgehead atoms. The van der Waals surface area contributed by atoms with Crippen LogP contribution in [0.3, 0.4) is 0 Å². The van der Waals surface area contributed by atoms with Crippen LogP contribution >= 0.6 is 0 Å². The highest BCUT2D eigenvalue weighted by atomic mass is 16.5. The molecule has 0 fully saturated rings. The Morgan fingerprint density at radius 1 is 0.950 bits per heavy atom. The SMILES string of the molecule is CCNCc1ccccc1COc1ccc(C)c(C)c1. The summed E-state index contributed by atoms with van der Waals surface area (Å²) in [7, 11) is 0. The van der Waals surface area contributed by atoms with Gasteiger partial charge in [-0.2, -0.15) is 0 Å². The van der Waals surface area contributed by atoms with E-state index in [1.54, 1.807) is 0 Å². The molecule has 0 aliphatic heterocycles. The van der Waals surface area contributed by atoms with Crippen molar-refractivity contribution >= 4 is 0 Å². The van der Waals surface area contributed by atoms with Gasteiger partial charge in [-0.1, -0.05) is 37.3 Å². The Hall–Kier alpha value is -1.80. The van der Waals surface area contributed by atoms with Crippen molar-refractivity contribution in [2.75, 3.05) is 6.54 Å². The number of benzene rings is 2. The Labute approximate surface area is 121 Å². The first-order valence-corrected chi connectivity index (χ1v) is 7.18. The van der Waals surface area contributed by atoms with E-state index in [1.807, 2.05) is 6.07 Å². The summed E-state index contributed by atoms with van der Waals surface area (Å²) in [5.74, 6) is 0.936. The fourth-order valence-corrected chi connectivity index (χ4v) is 2.10. The molecule has 2 aromatic rings. The van der Waals surface area contributed by atoms with Gasteiger partial charge in [-0.05, 0) is 54.8 Å². The smallest absolute Gasteiger partial charge is 0.120 e. The zero-order chi connectivity index (χ0) is 14.4. The molecular formula is C18H23NO. The summed E-state index contributed by atoms with van der Waals surface area (Å²) in [6, 6.07) is 14.7. The van der Waals surface area contributed by atoms with Gasteiger partial charge < -0.3 is 10.1 Å². The van der Waals surface area contributed by atoms with Crippen LogP contribution in [-0.4, -0.2) is 6.54 Å². The number of hydrogen-bond acceptors (Lipinski definition) is 2. The molecule has 2 rings (SSSR count). The Morgan fingerprint density at radius 2 is 1.70 bits per heavy atom. The van der Waals surface area contributed by atoms with Gasteiger partial charge in [0.1, 0.15) is 12.4 Å². The average molecular weight is 269 g/mol. The first kappa shape index (κ1) is 14.6. The van der Waals surface area contributed by atoms with E-state index in [1.165, 1.54) is 22.3 Å². The second-order valence-corrected chi connectivity index (χ2v) is 5.08. The average Bonchev–Trinajstić information content (AvgIpc) is 2.47. The minimum Gasteiger partial charge on any atom is -0.489 e. The monoisotopic (exact) mass is 269 g/mol. The highest BCUT2D eigenvalue weighted by Crippen LogP contribution is 2.18. The molecule has 0 unspecified atom stereocenters. The van der Waals surface area contributed by atoms with E-state index in [9.17, 15) is 0 Å². The van der Waals surface area contributed by atoms with Crippen molar-refractivity contribution in [3.63, 3.8) is 0 Å². The molecule has 0 aliphatic rings. The molecule has 0 aliphatic carbocycles. The van der Waals surface area contributed by atoms with Crippen molar-refractivity contribution in [1.29, 1.82) is 0 Å². The molecule has 0 amide bonds. The van der Waals surface area contributed by atoms with E-state index in [2.05, 4.69) is 62.5 Å². The minimum atomic E-state index is 0.615. The summed E-state index contributed by atoms with van der Waals surface area (Å²) >= 11 is 0. The van der Waals surface area contributed by atoms with Crippen LogP contribution in [0.1, 0.15) is 29.2 Å². The summed E-state index contributed by atoms with van der Waals surface area (Å²) in [6.07, 6.45) is 0. The Balaban J connectivity index is 2.04. The normalized spacial score (nSPS) is 10.6. The van der Waals surface area contributed by atoms with E-state index in [0.717, 1.165) is 18.8 Å². The number of hydrogen-bond donors (Lipinski definition) is 1. The maximum absolute atomic E-state index is 5.92. The van der Waals surface area contributed by atoms with Crippen LogP contribution in [-0.2, 0) is 13.2 Å². The molecule has 0 saturated heterocycles. The lowest BCUT2D eigenvalue weighted by molar-refractivity contribution is 0.304. The third-order valence-corrected chi connectivity index (χ3v) is 3.56. The van der Waals surface area contributed by atoms with E-state index >= 15 is 0 Å². The van der Waals surface area contributed by atoms with Crippen LogP contribution in [0.5, 0.6) is 5.75 Å². The standard InChI is InChI=1S/C18H23NO/c1-4-19-12-16-7-5-6-8-17(16)13-20-18-10-9-14(2)15(3)11-18/h5-11,19H,4,12-13H2,1-3H3. The van der Waals surface area contributed by atoms with Crippen molar-refractivity contribution < 1.29 is 4.74 Å². The summed E-state index contributed by atoms with van der Waals surface area (Å²) in [4.78, 5) is 0. The second-order valence-electron chi connectivity index (χ2n) is 5.08. The van der Waals surface area contributed by atoms with Crippen LogP contribution < -0.4 is 10.1 Å². The van der Waals surface area contributed by atoms with Crippen molar-refractivity contribution in [3.05, 3.63) is 64.7 Å². The van der Waals surface area contributed by atoms with Gasteiger partial charge in [0.05, 0.1) is 0 Å². The Morgan fingerprint density at radius 3 is 2.40 bits per heavy atom. The second kappa shape index (κ2) is 7.11. The molecule has 2 nitrogen and oxygen atoms in total. The Kier molecular flexibility index (Phi) is 5.19. The third kappa shape index (κ3) is 3.84. The topological polar surface area (TPSA) is 21.3 Å². The van der Waals surface area contributed by atoms with Crippen molar-refractivity contribution in [1.82, 2.24) is 5.32 Å². The highest BCUT2D eigenvalue weighted by molar-refractivity contribution is 5.34. The fourth-order valence-electron chi connectivity index (χ4n) is 2.10. The largest absolute Gasteiger partial charge is 0.489 e. The maximum Gasteiger partial charge on any atom is 0.120 e. The first-order chi connectivity index (χ1) is 9.70. The number of aryl methyl sites for hydroxylation is 2. The van der Waals surface area contributed by atoms with Gasteiger partial charge in [-0.3, -0.25) is 0 Å². The molecule has 0 spiro atoms. The van der Waals surface area contributed by atoms with E-state index < -0.39 is 0 Å². The van der Waals surface area contributed by atoms with Crippen molar-refractivity contribution in [2.24, 2.45) is 0 Å². The molecule has 2 heteroatoms. The molecule has 1 N–H and O–H groups in total. The molecule has 106 valence electrons. The van der Waals surface area contributed by atoms with Crippen LogP contribution in [0.15, 0.2) is 42.5 Å². The lowest BCUT2D eigenvalue weighted by atomic mass is 10.1. The molecule has 0 radical (unpaired) electrons. The summed E-state index contributed by atoms with van der Waals surface area (Å²) < 4.78 is 5.92. The van der Waals surface area contributed by atoms with E-state index in [4.69, 9.17) is 4.74 Å². The van der Waals surface area contributed by atoms with Gasteiger partial charge in [-0.25, -0.2) is 0 Å². The summed E-state index contributed by atoms with van der Waals surface area (Å²) in [5.41, 5.74) is 5.11. The van der Waals surface area contributed by atoms with Crippen LogP contribution in [0, 0.1) is 13.8 Å². The third-order valence-electron chi connectivity index (χ3n) is 3.56. The van der Waals surface area contributed by atoms with Gasteiger partial charge in [0.15, 0.2) is 0 Å². The summed E-state index contributed by atoms with van der Waals surface area (Å²) in [6.45, 7) is 8.83. The van der Waals surface area contributed by atoms with E-state index in [-0.39, 0.29) is 0 Å². The molecule has 0 saturated carbocycles. The van der Waals surface area contributed by atoms with Gasteiger partial charge in [0, 0.05) is 6.54 Å². The van der Waals surface area contributed by atoms with Gasteiger partial charge >= 0.3 is 0 Å². The number of ether oxygens (including phenoxy) is 1. The van der Waals surface area contributed by atoms with Crippen molar-refractivity contribution in [2.45, 2.75) is 33.9 Å². The lowest BCUT2D eigenvalue weighted by Gasteiger charge is -2.12. The van der Waals surface area contributed by atoms with Crippen LogP contribution in [0.4, 0.5) is 0 Å². The van der Waals surface area contributed by atoms with Gasteiger partial charge in [0.25, 0.3) is 0 Å². The highest BCUT2D eigenvalue weighted by Gasteiger charge is 2.03. The number of nitrogens with one attached hydrogen (secondary N) is 1. The quantitative estimate of drug-likeness (QED) is 0.856. The van der Waals surface area contributed by atoms with Crippen molar-refractivity contribution in [3.8, 4) is 5.75 Å². The first-order valence-electron chi connectivity index (χ1n) is 7.18. The van der Waals surface area contributed by atoms with Crippen LogP contribution in [0.2, 0.25) is 0 Å². The molecule has 2 aromatic carbocycles. The maximum atomic E-state index is 5.92. The predicted molar refractivity (Wildman–Crippen MR) is 84.1 cm³/mol. The van der Waals surface area contributed by atoms with Crippen LogP contribution in [0.25, 0.3) is 0 Å². The molecule has 0 heterocycles. The zero-order valence-corrected chi connectivity index (χ0v) is 12.6. The molecule has 0 atom stereocenters. The minimum absolute atomic E-state index is 0.615. The predicted octanol–water partition coefficient (Wildman–Crippen LogP) is 3.99. The van der Waals surface area contributed by atoms with Gasteiger partial charge in [-0.15, -0.1) is 0 Å². The molecule has 20 heavy (non-hydrogen) atoms. The molecule has 0 aromatic heterocycles.